The van der Waals surface area contributed by atoms with Crippen molar-refractivity contribution in [3.63, 3.8) is 0 Å². The number of carbonyl (C=O) groups excluding carboxylic acids is 2. The summed E-state index contributed by atoms with van der Waals surface area (Å²) in [6.45, 7) is 10.4. The van der Waals surface area contributed by atoms with Gasteiger partial charge in [-0.05, 0) is 60.7 Å². The van der Waals surface area contributed by atoms with Gasteiger partial charge in [0.2, 0.25) is 0 Å². The fourth-order valence-electron chi connectivity index (χ4n) is 2.44. The van der Waals surface area contributed by atoms with Crippen molar-refractivity contribution in [3.8, 4) is 0 Å². The summed E-state index contributed by atoms with van der Waals surface area (Å²) in [7, 11) is 0. The minimum absolute atomic E-state index is 0.0562. The van der Waals surface area contributed by atoms with Gasteiger partial charge in [-0.2, -0.15) is 0 Å². The highest BCUT2D eigenvalue weighted by atomic mass is 16.2. The molecule has 26 heavy (non-hydrogen) atoms. The average Bonchev–Trinajstić information content (AvgIpc) is 2.61. The molecule has 0 heterocycles. The van der Waals surface area contributed by atoms with E-state index in [0.717, 1.165) is 6.42 Å². The Morgan fingerprint density at radius 3 is 1.88 bits per heavy atom. The van der Waals surface area contributed by atoms with Gasteiger partial charge in [-0.3, -0.25) is 9.59 Å². The third-order valence-electron chi connectivity index (χ3n) is 4.41. The standard InChI is InChI=1S/C22H28N2O2/c1-6-15(2)23-20(25)17-9-13-19(14-10-17)24-21(26)16-7-11-18(12-8-16)22(3,4)5/h7-15H,6H2,1-5H3,(H,23,25)(H,24,26). The second-order valence-electron chi connectivity index (χ2n) is 7.64. The lowest BCUT2D eigenvalue weighted by Gasteiger charge is -2.19. The van der Waals surface area contributed by atoms with E-state index >= 15 is 0 Å². The average molecular weight is 352 g/mol. The van der Waals surface area contributed by atoms with Crippen molar-refractivity contribution >= 4 is 17.5 Å². The highest BCUT2D eigenvalue weighted by Gasteiger charge is 2.14. The SMILES string of the molecule is CCC(C)NC(=O)c1ccc(NC(=O)c2ccc(C(C)(C)C)cc2)cc1. The summed E-state index contributed by atoms with van der Waals surface area (Å²) >= 11 is 0. The topological polar surface area (TPSA) is 58.2 Å². The lowest BCUT2D eigenvalue weighted by molar-refractivity contribution is 0.0938. The van der Waals surface area contributed by atoms with E-state index < -0.39 is 0 Å². The number of hydrogen-bond acceptors (Lipinski definition) is 2. The van der Waals surface area contributed by atoms with E-state index in [4.69, 9.17) is 0 Å². The highest BCUT2D eigenvalue weighted by molar-refractivity contribution is 6.04. The van der Waals surface area contributed by atoms with Crippen LogP contribution in [0.25, 0.3) is 0 Å². The molecule has 0 fully saturated rings. The molecule has 0 aromatic heterocycles. The molecule has 138 valence electrons. The van der Waals surface area contributed by atoms with E-state index in [9.17, 15) is 9.59 Å². The molecule has 0 aliphatic heterocycles. The molecule has 0 saturated heterocycles. The first-order valence-electron chi connectivity index (χ1n) is 9.03. The van der Waals surface area contributed by atoms with Gasteiger partial charge in [0, 0.05) is 22.9 Å². The van der Waals surface area contributed by atoms with Crippen molar-refractivity contribution in [1.82, 2.24) is 5.32 Å². The van der Waals surface area contributed by atoms with Crippen LogP contribution in [0.4, 0.5) is 5.69 Å². The molecule has 2 rings (SSSR count). The fourth-order valence-corrected chi connectivity index (χ4v) is 2.44. The molecule has 0 aliphatic rings. The van der Waals surface area contributed by atoms with Crippen LogP contribution in [0, 0.1) is 0 Å². The van der Waals surface area contributed by atoms with Gasteiger partial charge in [0.1, 0.15) is 0 Å². The van der Waals surface area contributed by atoms with Crippen LogP contribution < -0.4 is 10.6 Å². The molecular formula is C22H28N2O2. The number of amides is 2. The van der Waals surface area contributed by atoms with Crippen molar-refractivity contribution in [3.05, 3.63) is 65.2 Å². The summed E-state index contributed by atoms with van der Waals surface area (Å²) < 4.78 is 0. The predicted octanol–water partition coefficient (Wildman–Crippen LogP) is 4.76. The van der Waals surface area contributed by atoms with Crippen LogP contribution in [0.1, 0.15) is 67.3 Å². The molecule has 2 amide bonds. The first-order valence-corrected chi connectivity index (χ1v) is 9.03. The Morgan fingerprint density at radius 1 is 0.885 bits per heavy atom. The van der Waals surface area contributed by atoms with E-state index in [1.165, 1.54) is 5.56 Å². The zero-order chi connectivity index (χ0) is 19.3. The zero-order valence-corrected chi connectivity index (χ0v) is 16.2. The van der Waals surface area contributed by atoms with E-state index in [-0.39, 0.29) is 23.3 Å². The molecule has 4 heteroatoms. The third kappa shape index (κ3) is 5.19. The molecule has 0 bridgehead atoms. The van der Waals surface area contributed by atoms with Crippen molar-refractivity contribution in [2.45, 2.75) is 52.5 Å². The second-order valence-corrected chi connectivity index (χ2v) is 7.64. The monoisotopic (exact) mass is 352 g/mol. The molecule has 0 aliphatic carbocycles. The van der Waals surface area contributed by atoms with Crippen LogP contribution in [-0.4, -0.2) is 17.9 Å². The van der Waals surface area contributed by atoms with Crippen LogP contribution in [0.5, 0.6) is 0 Å². The Hall–Kier alpha value is -2.62. The van der Waals surface area contributed by atoms with E-state index in [1.807, 2.05) is 38.1 Å². The van der Waals surface area contributed by atoms with Crippen molar-refractivity contribution in [2.75, 3.05) is 5.32 Å². The van der Waals surface area contributed by atoms with Crippen molar-refractivity contribution < 1.29 is 9.59 Å². The van der Waals surface area contributed by atoms with E-state index in [1.54, 1.807) is 24.3 Å². The van der Waals surface area contributed by atoms with Gasteiger partial charge in [-0.15, -0.1) is 0 Å². The summed E-state index contributed by atoms with van der Waals surface area (Å²) in [5.74, 6) is -0.266. The van der Waals surface area contributed by atoms with Crippen molar-refractivity contribution in [2.24, 2.45) is 0 Å². The maximum atomic E-state index is 12.4. The number of benzene rings is 2. The summed E-state index contributed by atoms with van der Waals surface area (Å²) in [5.41, 5.74) is 3.09. The Balaban J connectivity index is 2.02. The van der Waals surface area contributed by atoms with Crippen LogP contribution in [0.3, 0.4) is 0 Å². The molecule has 1 atom stereocenters. The van der Waals surface area contributed by atoms with Gasteiger partial charge in [0.05, 0.1) is 0 Å². The normalized spacial score (nSPS) is 12.3. The fraction of sp³-hybridized carbons (Fsp3) is 0.364. The lowest BCUT2D eigenvalue weighted by atomic mass is 9.87. The third-order valence-corrected chi connectivity index (χ3v) is 4.41. The van der Waals surface area contributed by atoms with E-state index in [2.05, 4.69) is 31.4 Å². The van der Waals surface area contributed by atoms with Gasteiger partial charge in [0.15, 0.2) is 0 Å². The van der Waals surface area contributed by atoms with Crippen LogP contribution in [-0.2, 0) is 5.41 Å². The highest BCUT2D eigenvalue weighted by Crippen LogP contribution is 2.22. The molecule has 4 nitrogen and oxygen atoms in total. The number of hydrogen-bond donors (Lipinski definition) is 2. The quantitative estimate of drug-likeness (QED) is 0.815. The number of carbonyl (C=O) groups is 2. The van der Waals surface area contributed by atoms with Gasteiger partial charge in [0.25, 0.3) is 11.8 Å². The van der Waals surface area contributed by atoms with Gasteiger partial charge in [-0.25, -0.2) is 0 Å². The Morgan fingerprint density at radius 2 is 1.38 bits per heavy atom. The number of anilines is 1. The van der Waals surface area contributed by atoms with Gasteiger partial charge >= 0.3 is 0 Å². The second kappa shape index (κ2) is 8.17. The number of nitrogens with one attached hydrogen (secondary N) is 2. The predicted molar refractivity (Wildman–Crippen MR) is 107 cm³/mol. The Labute approximate surface area is 156 Å². The minimum atomic E-state index is -0.165. The maximum Gasteiger partial charge on any atom is 0.255 e. The summed E-state index contributed by atoms with van der Waals surface area (Å²) in [6, 6.07) is 14.7. The number of rotatable bonds is 5. The molecule has 0 spiro atoms. The van der Waals surface area contributed by atoms with Crippen LogP contribution in [0.15, 0.2) is 48.5 Å². The van der Waals surface area contributed by atoms with Crippen LogP contribution >= 0.6 is 0 Å². The Bertz CT molecular complexity index is 756. The largest absolute Gasteiger partial charge is 0.350 e. The lowest BCUT2D eigenvalue weighted by Crippen LogP contribution is -2.31. The maximum absolute atomic E-state index is 12.4. The molecule has 2 aromatic rings. The molecule has 0 radical (unpaired) electrons. The molecule has 1 unspecified atom stereocenters. The smallest absolute Gasteiger partial charge is 0.255 e. The zero-order valence-electron chi connectivity index (χ0n) is 16.2. The first-order chi connectivity index (χ1) is 12.2. The van der Waals surface area contributed by atoms with E-state index in [0.29, 0.717) is 16.8 Å². The van der Waals surface area contributed by atoms with Crippen LogP contribution in [0.2, 0.25) is 0 Å². The van der Waals surface area contributed by atoms with Gasteiger partial charge in [-0.1, -0.05) is 39.8 Å². The Kier molecular flexibility index (Phi) is 6.19. The first kappa shape index (κ1) is 19.7. The minimum Gasteiger partial charge on any atom is -0.350 e. The van der Waals surface area contributed by atoms with Crippen molar-refractivity contribution in [1.29, 1.82) is 0 Å². The molecular weight excluding hydrogens is 324 g/mol. The van der Waals surface area contributed by atoms with Gasteiger partial charge < -0.3 is 10.6 Å². The molecule has 2 N–H and O–H groups in total. The summed E-state index contributed by atoms with van der Waals surface area (Å²) in [6.07, 6.45) is 0.883. The molecule has 0 saturated carbocycles. The summed E-state index contributed by atoms with van der Waals surface area (Å²) in [4.78, 5) is 24.5. The summed E-state index contributed by atoms with van der Waals surface area (Å²) in [5, 5.41) is 5.79. The molecule has 2 aromatic carbocycles.